The van der Waals surface area contributed by atoms with E-state index in [0.717, 1.165) is 20.9 Å². The number of aryl methyl sites for hydroxylation is 1. The second-order valence-electron chi connectivity index (χ2n) is 5.45. The van der Waals surface area contributed by atoms with Crippen LogP contribution in [-0.2, 0) is 9.59 Å². The molecule has 25 heavy (non-hydrogen) atoms. The van der Waals surface area contributed by atoms with Gasteiger partial charge >= 0.3 is 0 Å². The molecule has 0 aliphatic carbocycles. The van der Waals surface area contributed by atoms with Crippen molar-refractivity contribution in [2.75, 3.05) is 4.90 Å². The number of rotatable bonds is 4. The summed E-state index contributed by atoms with van der Waals surface area (Å²) in [4.78, 5) is 41.5. The van der Waals surface area contributed by atoms with Gasteiger partial charge in [-0.25, -0.2) is 9.88 Å². The van der Waals surface area contributed by atoms with Gasteiger partial charge in [0.05, 0.1) is 16.9 Å². The van der Waals surface area contributed by atoms with Crippen molar-refractivity contribution < 1.29 is 19.5 Å². The first-order chi connectivity index (χ1) is 11.9. The number of aromatic carboxylic acids is 1. The molecule has 6 nitrogen and oxygen atoms in total. The molecule has 1 aromatic carbocycles. The van der Waals surface area contributed by atoms with Crippen molar-refractivity contribution in [1.29, 1.82) is 0 Å². The van der Waals surface area contributed by atoms with E-state index < -0.39 is 11.2 Å². The first-order valence-electron chi connectivity index (χ1n) is 7.34. The summed E-state index contributed by atoms with van der Waals surface area (Å²) in [5, 5.41) is 10.6. The molecule has 1 aliphatic rings. The predicted molar refractivity (Wildman–Crippen MR) is 99.2 cm³/mol. The Balaban J connectivity index is 1.88. The zero-order valence-corrected chi connectivity index (χ0v) is 16.0. The molecule has 2 aromatic rings. The Morgan fingerprint density at radius 2 is 2.12 bits per heavy atom. The van der Waals surface area contributed by atoms with Crippen LogP contribution in [0.1, 0.15) is 22.3 Å². The number of halogens is 1. The van der Waals surface area contributed by atoms with Gasteiger partial charge in [-0.2, -0.15) is 0 Å². The van der Waals surface area contributed by atoms with Crippen molar-refractivity contribution in [3.05, 3.63) is 51.2 Å². The van der Waals surface area contributed by atoms with E-state index in [1.807, 2.05) is 19.1 Å². The molecule has 0 saturated carbocycles. The van der Waals surface area contributed by atoms with Gasteiger partial charge < -0.3 is 9.90 Å². The number of imide groups is 1. The number of hydrogen-bond acceptors (Lipinski definition) is 6. The summed E-state index contributed by atoms with van der Waals surface area (Å²) >= 11 is 3.14. The van der Waals surface area contributed by atoms with Crippen LogP contribution in [0.5, 0.6) is 0 Å². The Morgan fingerprint density at radius 1 is 1.36 bits per heavy atom. The third-order valence-corrected chi connectivity index (χ3v) is 5.62. The van der Waals surface area contributed by atoms with Crippen molar-refractivity contribution >= 4 is 57.8 Å². The van der Waals surface area contributed by atoms with Crippen molar-refractivity contribution in [2.24, 2.45) is 0 Å². The molecule has 2 amide bonds. The number of carbonyl (C=O) groups is 3. The Kier molecular flexibility index (Phi) is 5.09. The summed E-state index contributed by atoms with van der Waals surface area (Å²) in [6.45, 7) is 1.84. The second kappa shape index (κ2) is 7.12. The highest BCUT2D eigenvalue weighted by atomic mass is 127. The van der Waals surface area contributed by atoms with Gasteiger partial charge in [-0.1, -0.05) is 11.8 Å². The largest absolute Gasteiger partial charge is 0.545 e. The van der Waals surface area contributed by atoms with Crippen LogP contribution < -0.4 is 10.0 Å². The summed E-state index contributed by atoms with van der Waals surface area (Å²) in [6.07, 6.45) is 1.44. The minimum Gasteiger partial charge on any atom is -0.545 e. The molecule has 3 rings (SSSR count). The number of carboxylic acid groups (broad SMARTS) is 1. The Bertz CT molecular complexity index is 887. The number of hydrogen-bond donors (Lipinski definition) is 0. The van der Waals surface area contributed by atoms with Crippen molar-refractivity contribution in [2.45, 2.75) is 23.6 Å². The SMILES string of the molecule is Cc1cc(I)ccc1N1C(=O)CC(Sc2ncccc2C(=O)[O-])C1=O. The van der Waals surface area contributed by atoms with Crippen LogP contribution in [0.15, 0.2) is 41.6 Å². The molecule has 0 radical (unpaired) electrons. The molecule has 128 valence electrons. The number of anilines is 1. The molecule has 1 fully saturated rings. The molecular weight excluding hydrogens is 455 g/mol. The number of nitrogens with zero attached hydrogens (tertiary/aromatic N) is 2. The van der Waals surface area contributed by atoms with Gasteiger partial charge in [0.2, 0.25) is 11.8 Å². The van der Waals surface area contributed by atoms with E-state index in [0.29, 0.717) is 5.69 Å². The van der Waals surface area contributed by atoms with Crippen LogP contribution in [0.2, 0.25) is 0 Å². The quantitative estimate of drug-likeness (QED) is 0.503. The van der Waals surface area contributed by atoms with Gasteiger partial charge in [0.15, 0.2) is 0 Å². The maximum absolute atomic E-state index is 12.7. The lowest BCUT2D eigenvalue weighted by Crippen LogP contribution is -2.32. The lowest BCUT2D eigenvalue weighted by atomic mass is 10.2. The van der Waals surface area contributed by atoms with Gasteiger partial charge in [0, 0.05) is 21.8 Å². The highest BCUT2D eigenvalue weighted by molar-refractivity contribution is 14.1. The smallest absolute Gasteiger partial charge is 0.247 e. The Labute approximate surface area is 161 Å². The van der Waals surface area contributed by atoms with E-state index in [4.69, 9.17) is 0 Å². The topological polar surface area (TPSA) is 90.4 Å². The molecule has 8 heteroatoms. The molecular formula is C17H12IN2O4S-. The summed E-state index contributed by atoms with van der Waals surface area (Å²) in [6, 6.07) is 8.32. The first-order valence-corrected chi connectivity index (χ1v) is 9.30. The predicted octanol–water partition coefficient (Wildman–Crippen LogP) is 1.78. The monoisotopic (exact) mass is 467 g/mol. The number of thioether (sulfide) groups is 1. The lowest BCUT2D eigenvalue weighted by molar-refractivity contribution is -0.255. The average molecular weight is 467 g/mol. The second-order valence-corrected chi connectivity index (χ2v) is 7.89. The van der Waals surface area contributed by atoms with E-state index in [-0.39, 0.29) is 28.8 Å². The lowest BCUT2D eigenvalue weighted by Gasteiger charge is -2.18. The van der Waals surface area contributed by atoms with Crippen LogP contribution in [0.3, 0.4) is 0 Å². The summed E-state index contributed by atoms with van der Waals surface area (Å²) < 4.78 is 1.01. The summed E-state index contributed by atoms with van der Waals surface area (Å²) in [7, 11) is 0. The van der Waals surface area contributed by atoms with Crippen molar-refractivity contribution in [3.63, 3.8) is 0 Å². The fraction of sp³-hybridized carbons (Fsp3) is 0.176. The first kappa shape index (κ1) is 17.9. The maximum Gasteiger partial charge on any atom is 0.247 e. The third kappa shape index (κ3) is 3.54. The van der Waals surface area contributed by atoms with Crippen molar-refractivity contribution in [3.8, 4) is 0 Å². The molecule has 1 atom stereocenters. The number of amides is 2. The molecule has 1 saturated heterocycles. The van der Waals surface area contributed by atoms with Gasteiger partial charge in [-0.3, -0.25) is 9.59 Å². The van der Waals surface area contributed by atoms with E-state index in [2.05, 4.69) is 27.6 Å². The summed E-state index contributed by atoms with van der Waals surface area (Å²) in [5.74, 6) is -2.04. The average Bonchev–Trinajstić information content (AvgIpc) is 2.82. The number of benzene rings is 1. The number of aromatic nitrogens is 1. The highest BCUT2D eigenvalue weighted by Gasteiger charge is 2.41. The van der Waals surface area contributed by atoms with E-state index >= 15 is 0 Å². The minimum absolute atomic E-state index is 0.00200. The Morgan fingerprint density at radius 3 is 2.80 bits per heavy atom. The van der Waals surface area contributed by atoms with Crippen molar-refractivity contribution in [1.82, 2.24) is 4.98 Å². The molecule has 0 bridgehead atoms. The highest BCUT2D eigenvalue weighted by Crippen LogP contribution is 2.35. The van der Waals surface area contributed by atoms with Gasteiger partial charge in [-0.05, 0) is 65.4 Å². The standard InChI is InChI=1S/C17H13IN2O4S/c1-9-7-10(18)4-5-12(9)20-14(21)8-13(16(20)22)25-15-11(17(23)24)3-2-6-19-15/h2-7,13H,8H2,1H3,(H,23,24)/p-1. The zero-order chi connectivity index (χ0) is 18.1. The molecule has 1 unspecified atom stereocenters. The zero-order valence-electron chi connectivity index (χ0n) is 13.1. The van der Waals surface area contributed by atoms with Crippen LogP contribution in [0.4, 0.5) is 5.69 Å². The van der Waals surface area contributed by atoms with Crippen LogP contribution in [0, 0.1) is 10.5 Å². The molecule has 1 aromatic heterocycles. The Hall–Kier alpha value is -1.94. The third-order valence-electron chi connectivity index (χ3n) is 3.75. The fourth-order valence-corrected chi connectivity index (χ4v) is 4.34. The van der Waals surface area contributed by atoms with E-state index in [1.165, 1.54) is 23.2 Å². The molecule has 1 aliphatic heterocycles. The molecule has 0 N–H and O–H groups in total. The van der Waals surface area contributed by atoms with Crippen LogP contribution in [-0.4, -0.2) is 28.0 Å². The van der Waals surface area contributed by atoms with Crippen LogP contribution >= 0.6 is 34.4 Å². The summed E-state index contributed by atoms with van der Waals surface area (Å²) in [5.41, 5.74) is 1.30. The minimum atomic E-state index is -1.36. The molecule has 2 heterocycles. The van der Waals surface area contributed by atoms with E-state index in [9.17, 15) is 19.5 Å². The van der Waals surface area contributed by atoms with E-state index in [1.54, 1.807) is 6.07 Å². The van der Waals surface area contributed by atoms with Crippen LogP contribution in [0.25, 0.3) is 0 Å². The van der Waals surface area contributed by atoms with Gasteiger partial charge in [0.1, 0.15) is 5.03 Å². The maximum atomic E-state index is 12.7. The number of pyridine rings is 1. The molecule has 0 spiro atoms. The van der Waals surface area contributed by atoms with Gasteiger partial charge in [0.25, 0.3) is 0 Å². The fourth-order valence-electron chi connectivity index (χ4n) is 2.59. The number of carboxylic acids is 1. The normalized spacial score (nSPS) is 17.2. The number of carbonyl (C=O) groups excluding carboxylic acids is 3. The van der Waals surface area contributed by atoms with Gasteiger partial charge in [-0.15, -0.1) is 0 Å².